The van der Waals surface area contributed by atoms with Crippen LogP contribution in [0.25, 0.3) is 0 Å². The molecule has 1 unspecified atom stereocenters. The van der Waals surface area contributed by atoms with Crippen molar-refractivity contribution < 1.29 is 22.7 Å². The van der Waals surface area contributed by atoms with E-state index in [1.54, 1.807) is 42.5 Å². The summed E-state index contributed by atoms with van der Waals surface area (Å²) in [7, 11) is -3.75. The number of hydrogen-bond acceptors (Lipinski definition) is 5. The van der Waals surface area contributed by atoms with Crippen LogP contribution in [0.3, 0.4) is 0 Å². The van der Waals surface area contributed by atoms with Gasteiger partial charge in [0.15, 0.2) is 11.5 Å². The van der Waals surface area contributed by atoms with Crippen molar-refractivity contribution in [3.63, 3.8) is 0 Å². The highest BCUT2D eigenvalue weighted by molar-refractivity contribution is 7.92. The first-order chi connectivity index (χ1) is 12.8. The molecule has 1 atom stereocenters. The van der Waals surface area contributed by atoms with Crippen LogP contribution in [0.15, 0.2) is 42.5 Å². The Labute approximate surface area is 162 Å². The predicted octanol–water partition coefficient (Wildman–Crippen LogP) is 2.90. The summed E-state index contributed by atoms with van der Waals surface area (Å²) in [5.41, 5.74) is 0.718. The first-order valence-electron chi connectivity index (χ1n) is 8.22. The lowest BCUT2D eigenvalue weighted by atomic mass is 10.2. The van der Waals surface area contributed by atoms with Crippen LogP contribution in [-0.4, -0.2) is 39.8 Å². The highest BCUT2D eigenvalue weighted by Gasteiger charge is 2.30. The third-order valence-corrected chi connectivity index (χ3v) is 5.57. The summed E-state index contributed by atoms with van der Waals surface area (Å²) in [6, 6.07) is 10.5. The number of ether oxygens (including phenoxy) is 2. The molecule has 2 aromatic rings. The van der Waals surface area contributed by atoms with Gasteiger partial charge in [0.25, 0.3) is 0 Å². The first kappa shape index (κ1) is 19.3. The first-order valence-corrected chi connectivity index (χ1v) is 10.4. The maximum Gasteiger partial charge on any atom is 0.248 e. The normalized spacial score (nSPS) is 14.3. The minimum absolute atomic E-state index is 0.309. The third-order valence-electron chi connectivity index (χ3n) is 4.00. The molecular weight excluding hydrogens is 392 g/mol. The van der Waals surface area contributed by atoms with Gasteiger partial charge in [-0.05, 0) is 31.2 Å². The summed E-state index contributed by atoms with van der Waals surface area (Å²) in [6.07, 6.45) is 1.04. The fourth-order valence-corrected chi connectivity index (χ4v) is 4.13. The van der Waals surface area contributed by atoms with E-state index in [0.29, 0.717) is 41.1 Å². The Morgan fingerprint density at radius 1 is 1.15 bits per heavy atom. The summed E-state index contributed by atoms with van der Waals surface area (Å²) >= 11 is 6.06. The van der Waals surface area contributed by atoms with Gasteiger partial charge in [0.05, 0.1) is 22.7 Å². The van der Waals surface area contributed by atoms with Crippen molar-refractivity contribution in [3.8, 4) is 11.5 Å². The molecule has 0 fully saturated rings. The van der Waals surface area contributed by atoms with Crippen LogP contribution in [0.5, 0.6) is 11.5 Å². The zero-order valence-electron chi connectivity index (χ0n) is 14.8. The van der Waals surface area contributed by atoms with Crippen molar-refractivity contribution in [3.05, 3.63) is 47.5 Å². The molecule has 0 radical (unpaired) electrons. The number of hydrogen-bond donors (Lipinski definition) is 1. The van der Waals surface area contributed by atoms with Crippen LogP contribution in [0, 0.1) is 0 Å². The smallest absolute Gasteiger partial charge is 0.248 e. The molecule has 3 rings (SSSR count). The topological polar surface area (TPSA) is 84.9 Å². The lowest BCUT2D eigenvalue weighted by Crippen LogP contribution is -2.45. The zero-order valence-corrected chi connectivity index (χ0v) is 16.4. The maximum atomic E-state index is 12.7. The molecule has 2 aromatic carbocycles. The zero-order chi connectivity index (χ0) is 19.6. The quantitative estimate of drug-likeness (QED) is 0.819. The second-order valence-corrected chi connectivity index (χ2v) is 8.30. The SMILES string of the molecule is CC(C(=O)Nc1ccccc1Cl)N(c1ccc2c(c1)OCCO2)S(C)(=O)=O. The van der Waals surface area contributed by atoms with Gasteiger partial charge in [-0.25, -0.2) is 8.42 Å². The molecule has 9 heteroatoms. The molecule has 1 amide bonds. The number of fused-ring (bicyclic) bond motifs is 1. The fourth-order valence-electron chi connectivity index (χ4n) is 2.78. The molecule has 0 bridgehead atoms. The van der Waals surface area contributed by atoms with Crippen LogP contribution < -0.4 is 19.1 Å². The molecule has 1 aliphatic rings. The van der Waals surface area contributed by atoms with Crippen LogP contribution >= 0.6 is 11.6 Å². The molecule has 144 valence electrons. The molecule has 7 nitrogen and oxygen atoms in total. The minimum Gasteiger partial charge on any atom is -0.486 e. The molecule has 1 heterocycles. The largest absolute Gasteiger partial charge is 0.486 e. The van der Waals surface area contributed by atoms with Crippen molar-refractivity contribution in [1.29, 1.82) is 0 Å². The Bertz CT molecular complexity index is 964. The second-order valence-electron chi connectivity index (χ2n) is 6.03. The van der Waals surface area contributed by atoms with Gasteiger partial charge in [-0.2, -0.15) is 0 Å². The average molecular weight is 411 g/mol. The number of halogens is 1. The number of nitrogens with one attached hydrogen (secondary N) is 1. The molecule has 0 saturated carbocycles. The van der Waals surface area contributed by atoms with E-state index in [2.05, 4.69) is 5.32 Å². The molecule has 0 aromatic heterocycles. The van der Waals surface area contributed by atoms with E-state index < -0.39 is 22.0 Å². The molecular formula is C18H19ClN2O5S. The van der Waals surface area contributed by atoms with Crippen molar-refractivity contribution in [2.75, 3.05) is 29.1 Å². The van der Waals surface area contributed by atoms with Crippen molar-refractivity contribution >= 4 is 38.9 Å². The lowest BCUT2D eigenvalue weighted by molar-refractivity contribution is -0.116. The van der Waals surface area contributed by atoms with Gasteiger partial charge >= 0.3 is 0 Å². The monoisotopic (exact) mass is 410 g/mol. The van der Waals surface area contributed by atoms with Crippen molar-refractivity contribution in [2.45, 2.75) is 13.0 Å². The van der Waals surface area contributed by atoms with Crippen LogP contribution in [0.2, 0.25) is 5.02 Å². The number of benzene rings is 2. The third kappa shape index (κ3) is 4.28. The van der Waals surface area contributed by atoms with Crippen molar-refractivity contribution in [1.82, 2.24) is 0 Å². The summed E-state index contributed by atoms with van der Waals surface area (Å²) in [6.45, 7) is 2.31. The number of carbonyl (C=O) groups excluding carboxylic acids is 1. The number of amides is 1. The molecule has 1 N–H and O–H groups in total. The van der Waals surface area contributed by atoms with E-state index in [1.165, 1.54) is 6.92 Å². The van der Waals surface area contributed by atoms with Gasteiger partial charge in [0.2, 0.25) is 15.9 Å². The Hall–Kier alpha value is -2.45. The highest BCUT2D eigenvalue weighted by atomic mass is 35.5. The Balaban J connectivity index is 1.91. The van der Waals surface area contributed by atoms with Gasteiger partial charge in [-0.1, -0.05) is 23.7 Å². The van der Waals surface area contributed by atoms with E-state index in [1.807, 2.05) is 0 Å². The Kier molecular flexibility index (Phi) is 5.48. The van der Waals surface area contributed by atoms with Crippen LogP contribution in [0.1, 0.15) is 6.92 Å². The summed E-state index contributed by atoms with van der Waals surface area (Å²) in [5.74, 6) is 0.459. The second kappa shape index (κ2) is 7.66. The number of para-hydroxylation sites is 1. The van der Waals surface area contributed by atoms with Crippen molar-refractivity contribution in [2.24, 2.45) is 0 Å². The summed E-state index contributed by atoms with van der Waals surface area (Å²) in [5, 5.41) is 3.03. The standard InChI is InChI=1S/C18H19ClN2O5S/c1-12(18(22)20-15-6-4-3-5-14(15)19)21(27(2,23)24)13-7-8-16-17(11-13)26-10-9-25-16/h3-8,11-12H,9-10H2,1-2H3,(H,20,22). The Morgan fingerprint density at radius 3 is 2.48 bits per heavy atom. The lowest BCUT2D eigenvalue weighted by Gasteiger charge is -2.29. The number of rotatable bonds is 5. The number of carbonyl (C=O) groups is 1. The molecule has 1 aliphatic heterocycles. The van der Waals surface area contributed by atoms with Gasteiger partial charge in [0.1, 0.15) is 19.3 Å². The summed E-state index contributed by atoms with van der Waals surface area (Å²) < 4.78 is 36.8. The van der Waals surface area contributed by atoms with Crippen LogP contribution in [0.4, 0.5) is 11.4 Å². The fraction of sp³-hybridized carbons (Fsp3) is 0.278. The number of nitrogens with zero attached hydrogens (tertiary/aromatic N) is 1. The van der Waals surface area contributed by atoms with Gasteiger partial charge in [-0.3, -0.25) is 9.10 Å². The number of sulfonamides is 1. The summed E-state index contributed by atoms with van der Waals surface area (Å²) in [4.78, 5) is 12.7. The van der Waals surface area contributed by atoms with E-state index in [4.69, 9.17) is 21.1 Å². The minimum atomic E-state index is -3.75. The molecule has 0 aliphatic carbocycles. The van der Waals surface area contributed by atoms with E-state index in [9.17, 15) is 13.2 Å². The highest BCUT2D eigenvalue weighted by Crippen LogP contribution is 2.35. The molecule has 0 spiro atoms. The molecule has 0 saturated heterocycles. The van der Waals surface area contributed by atoms with Gasteiger partial charge in [-0.15, -0.1) is 0 Å². The number of anilines is 2. The van der Waals surface area contributed by atoms with Crippen LogP contribution in [-0.2, 0) is 14.8 Å². The van der Waals surface area contributed by atoms with E-state index >= 15 is 0 Å². The van der Waals surface area contributed by atoms with E-state index in [0.717, 1.165) is 10.6 Å². The van der Waals surface area contributed by atoms with E-state index in [-0.39, 0.29) is 0 Å². The van der Waals surface area contributed by atoms with Gasteiger partial charge < -0.3 is 14.8 Å². The maximum absolute atomic E-state index is 12.7. The predicted molar refractivity (Wildman–Crippen MR) is 104 cm³/mol. The molecule has 27 heavy (non-hydrogen) atoms. The Morgan fingerprint density at radius 2 is 1.81 bits per heavy atom. The average Bonchev–Trinajstić information content (AvgIpc) is 2.62. The van der Waals surface area contributed by atoms with Gasteiger partial charge in [0, 0.05) is 6.07 Å².